The van der Waals surface area contributed by atoms with E-state index in [2.05, 4.69) is 21.9 Å². The molecule has 0 spiro atoms. The number of nitrogens with zero attached hydrogens (tertiary/aromatic N) is 4. The van der Waals surface area contributed by atoms with E-state index in [-0.39, 0.29) is 0 Å². The van der Waals surface area contributed by atoms with E-state index in [4.69, 9.17) is 18.0 Å². The Labute approximate surface area is 105 Å². The fourth-order valence-electron chi connectivity index (χ4n) is 1.75. The molecule has 5 nitrogen and oxygen atoms in total. The van der Waals surface area contributed by atoms with Gasteiger partial charge in [-0.3, -0.25) is 0 Å². The molecule has 0 atom stereocenters. The summed E-state index contributed by atoms with van der Waals surface area (Å²) in [4.78, 5) is 7.09. The van der Waals surface area contributed by atoms with Gasteiger partial charge >= 0.3 is 0 Å². The number of rotatable bonds is 5. The molecule has 2 rings (SSSR count). The lowest BCUT2D eigenvalue weighted by atomic mass is 10.3. The highest BCUT2D eigenvalue weighted by atomic mass is 32.1. The van der Waals surface area contributed by atoms with Gasteiger partial charge in [0.25, 0.3) is 0 Å². The molecule has 0 aliphatic carbocycles. The molecule has 2 N–H and O–H groups in total. The van der Waals surface area contributed by atoms with E-state index in [1.54, 1.807) is 12.4 Å². The van der Waals surface area contributed by atoms with Gasteiger partial charge in [0.2, 0.25) is 0 Å². The fraction of sp³-hybridized carbons (Fsp3) is 0.364. The summed E-state index contributed by atoms with van der Waals surface area (Å²) in [6, 6.07) is 1.95. The summed E-state index contributed by atoms with van der Waals surface area (Å²) in [5.41, 5.74) is 6.53. The summed E-state index contributed by atoms with van der Waals surface area (Å²) in [7, 11) is 0. The molecule has 0 saturated carbocycles. The van der Waals surface area contributed by atoms with E-state index in [1.165, 1.54) is 0 Å². The molecule has 2 heterocycles. The monoisotopic (exact) mass is 249 g/mol. The summed E-state index contributed by atoms with van der Waals surface area (Å²) in [5, 5.41) is 4.19. The van der Waals surface area contributed by atoms with Crippen molar-refractivity contribution < 1.29 is 0 Å². The first-order chi connectivity index (χ1) is 8.22. The molecule has 0 amide bonds. The van der Waals surface area contributed by atoms with Gasteiger partial charge in [0.15, 0.2) is 5.82 Å². The van der Waals surface area contributed by atoms with Crippen molar-refractivity contribution in [2.45, 2.75) is 13.3 Å². The SMILES string of the molecule is CCN(CCC(N)=S)c1nccn2nccc12. The third kappa shape index (κ3) is 2.52. The van der Waals surface area contributed by atoms with Crippen molar-refractivity contribution in [3.63, 3.8) is 0 Å². The van der Waals surface area contributed by atoms with Gasteiger partial charge in [-0.2, -0.15) is 5.10 Å². The maximum atomic E-state index is 5.53. The molecule has 0 saturated heterocycles. The largest absolute Gasteiger partial charge is 0.393 e. The number of thiocarbonyl (C=S) groups is 1. The zero-order valence-electron chi connectivity index (χ0n) is 9.71. The summed E-state index contributed by atoms with van der Waals surface area (Å²) < 4.78 is 1.81. The van der Waals surface area contributed by atoms with Gasteiger partial charge in [-0.25, -0.2) is 9.50 Å². The van der Waals surface area contributed by atoms with Crippen LogP contribution in [0.4, 0.5) is 5.82 Å². The Morgan fingerprint density at radius 1 is 1.53 bits per heavy atom. The fourth-order valence-corrected chi connectivity index (χ4v) is 1.84. The normalized spacial score (nSPS) is 10.6. The second-order valence-corrected chi connectivity index (χ2v) is 4.23. The van der Waals surface area contributed by atoms with Crippen LogP contribution in [0.3, 0.4) is 0 Å². The van der Waals surface area contributed by atoms with E-state index in [0.29, 0.717) is 11.4 Å². The first-order valence-corrected chi connectivity index (χ1v) is 5.94. The van der Waals surface area contributed by atoms with Crippen LogP contribution in [0.1, 0.15) is 13.3 Å². The Balaban J connectivity index is 2.29. The predicted octanol–water partition coefficient (Wildman–Crippen LogP) is 1.23. The zero-order valence-corrected chi connectivity index (χ0v) is 10.5. The highest BCUT2D eigenvalue weighted by molar-refractivity contribution is 7.80. The van der Waals surface area contributed by atoms with Gasteiger partial charge in [-0.1, -0.05) is 12.2 Å². The molecule has 0 unspecified atom stereocenters. The van der Waals surface area contributed by atoms with Crippen LogP contribution in [0.5, 0.6) is 0 Å². The topological polar surface area (TPSA) is 59.5 Å². The molecule has 0 radical (unpaired) electrons. The molecule has 0 aliphatic heterocycles. The van der Waals surface area contributed by atoms with Crippen molar-refractivity contribution in [1.82, 2.24) is 14.6 Å². The molecule has 0 bridgehead atoms. The van der Waals surface area contributed by atoms with E-state index in [9.17, 15) is 0 Å². The van der Waals surface area contributed by atoms with Crippen molar-refractivity contribution in [1.29, 1.82) is 0 Å². The highest BCUT2D eigenvalue weighted by Gasteiger charge is 2.10. The van der Waals surface area contributed by atoms with Crippen LogP contribution >= 0.6 is 12.2 Å². The molecular formula is C11H15N5S. The maximum Gasteiger partial charge on any atom is 0.154 e. The van der Waals surface area contributed by atoms with Crippen molar-refractivity contribution in [2.75, 3.05) is 18.0 Å². The van der Waals surface area contributed by atoms with Crippen molar-refractivity contribution in [3.05, 3.63) is 24.7 Å². The van der Waals surface area contributed by atoms with Crippen molar-refractivity contribution >= 4 is 28.5 Å². The first-order valence-electron chi connectivity index (χ1n) is 5.54. The van der Waals surface area contributed by atoms with Gasteiger partial charge in [0, 0.05) is 31.9 Å². The Morgan fingerprint density at radius 2 is 2.35 bits per heavy atom. The van der Waals surface area contributed by atoms with E-state index >= 15 is 0 Å². The quantitative estimate of drug-likeness (QED) is 0.808. The Kier molecular flexibility index (Phi) is 3.53. The summed E-state index contributed by atoms with van der Waals surface area (Å²) in [5.74, 6) is 0.920. The molecular weight excluding hydrogens is 234 g/mol. The molecule has 0 fully saturated rings. The molecule has 0 aromatic carbocycles. The number of anilines is 1. The molecule has 2 aromatic heterocycles. The molecule has 90 valence electrons. The van der Waals surface area contributed by atoms with Crippen LogP contribution in [-0.2, 0) is 0 Å². The smallest absolute Gasteiger partial charge is 0.154 e. The van der Waals surface area contributed by atoms with Crippen LogP contribution in [0.25, 0.3) is 5.52 Å². The van der Waals surface area contributed by atoms with Gasteiger partial charge in [-0.15, -0.1) is 0 Å². The molecule has 2 aromatic rings. The second-order valence-electron chi connectivity index (χ2n) is 3.71. The lowest BCUT2D eigenvalue weighted by Crippen LogP contribution is -2.28. The van der Waals surface area contributed by atoms with Crippen LogP contribution < -0.4 is 10.6 Å². The van der Waals surface area contributed by atoms with Gasteiger partial charge in [0.1, 0.15) is 5.52 Å². The average Bonchev–Trinajstić information content (AvgIpc) is 2.78. The van der Waals surface area contributed by atoms with Gasteiger partial charge in [-0.05, 0) is 13.0 Å². The first kappa shape index (κ1) is 11.8. The van der Waals surface area contributed by atoms with Crippen molar-refractivity contribution in [3.8, 4) is 0 Å². The summed E-state index contributed by atoms with van der Waals surface area (Å²) >= 11 is 4.90. The maximum absolute atomic E-state index is 5.53. The zero-order chi connectivity index (χ0) is 12.3. The lowest BCUT2D eigenvalue weighted by molar-refractivity contribution is 0.813. The average molecular weight is 249 g/mol. The Morgan fingerprint density at radius 3 is 3.06 bits per heavy atom. The van der Waals surface area contributed by atoms with Crippen LogP contribution in [-0.4, -0.2) is 32.7 Å². The standard InChI is InChI=1S/C11H15N5S/c1-2-15(7-4-10(12)17)11-9-3-5-14-16(9)8-6-13-11/h3,5-6,8H,2,4,7H2,1H3,(H2,12,17). The minimum absolute atomic E-state index is 0.531. The second kappa shape index (κ2) is 5.09. The minimum atomic E-state index is 0.531. The molecule has 17 heavy (non-hydrogen) atoms. The third-order valence-corrected chi connectivity index (χ3v) is 2.82. The van der Waals surface area contributed by atoms with Crippen LogP contribution in [0.15, 0.2) is 24.7 Å². The summed E-state index contributed by atoms with van der Waals surface area (Å²) in [6.45, 7) is 3.73. The van der Waals surface area contributed by atoms with E-state index < -0.39 is 0 Å². The minimum Gasteiger partial charge on any atom is -0.393 e. The predicted molar refractivity (Wildman–Crippen MR) is 72.3 cm³/mol. The Hall–Kier alpha value is -1.69. The van der Waals surface area contributed by atoms with E-state index in [1.807, 2.05) is 16.8 Å². The van der Waals surface area contributed by atoms with Crippen LogP contribution in [0.2, 0.25) is 0 Å². The summed E-state index contributed by atoms with van der Waals surface area (Å²) in [6.07, 6.45) is 6.04. The van der Waals surface area contributed by atoms with Crippen molar-refractivity contribution in [2.24, 2.45) is 5.73 Å². The lowest BCUT2D eigenvalue weighted by Gasteiger charge is -2.22. The third-order valence-electron chi connectivity index (χ3n) is 2.61. The highest BCUT2D eigenvalue weighted by Crippen LogP contribution is 2.17. The Bertz CT molecular complexity index is 521. The number of fused-ring (bicyclic) bond motifs is 1. The number of hydrogen-bond acceptors (Lipinski definition) is 4. The molecule has 0 aliphatic rings. The van der Waals surface area contributed by atoms with Gasteiger partial charge in [0.05, 0.1) is 11.2 Å². The number of hydrogen-bond donors (Lipinski definition) is 1. The number of aromatic nitrogens is 3. The van der Waals surface area contributed by atoms with Gasteiger partial charge < -0.3 is 10.6 Å². The number of nitrogens with two attached hydrogens (primary N) is 1. The van der Waals surface area contributed by atoms with Crippen LogP contribution in [0, 0.1) is 0 Å². The van der Waals surface area contributed by atoms with E-state index in [0.717, 1.165) is 24.4 Å². The molecule has 6 heteroatoms.